The molecule has 360 valence electrons. The number of rotatable bonds is 33. The molecule has 0 radical (unpaired) electrons. The molecule has 0 bridgehead atoms. The van der Waals surface area contributed by atoms with Crippen LogP contribution in [0.4, 0.5) is 0 Å². The Morgan fingerprint density at radius 3 is 1.63 bits per heavy atom. The highest BCUT2D eigenvalue weighted by Gasteiger charge is 2.47. The summed E-state index contributed by atoms with van der Waals surface area (Å²) in [4.78, 5) is 25.6. The molecule has 0 aromatic carbocycles. The van der Waals surface area contributed by atoms with Crippen LogP contribution in [0.2, 0.25) is 0 Å². The zero-order valence-electron chi connectivity index (χ0n) is 37.5. The molecule has 2 fully saturated rings. The molecule has 2 saturated heterocycles. The van der Waals surface area contributed by atoms with Crippen LogP contribution in [0.5, 0.6) is 0 Å². The van der Waals surface area contributed by atoms with Crippen molar-refractivity contribution in [2.75, 3.05) is 26.4 Å². The molecule has 63 heavy (non-hydrogen) atoms. The van der Waals surface area contributed by atoms with Crippen LogP contribution in [0.15, 0.2) is 72.9 Å². The third kappa shape index (κ3) is 24.2. The van der Waals surface area contributed by atoms with Gasteiger partial charge in [0.2, 0.25) is 0 Å². The molecule has 0 aromatic rings. The SMILES string of the molecule is CC/C=C\C/C=C\C/C=C\C/C=C\C/C=C\CC(=O)OC(COC(=O)CCCCCCC/C=C\CCCCC)COC1OC(COC2OC(CO)C(O)C(O)C2O)C(O)C(O)C1O. The van der Waals surface area contributed by atoms with Crippen molar-refractivity contribution in [1.82, 2.24) is 0 Å². The first-order chi connectivity index (χ1) is 30.5. The van der Waals surface area contributed by atoms with E-state index in [1.54, 1.807) is 6.08 Å². The van der Waals surface area contributed by atoms with Gasteiger partial charge in [0.25, 0.3) is 0 Å². The Labute approximate surface area is 374 Å². The van der Waals surface area contributed by atoms with Crippen molar-refractivity contribution in [2.24, 2.45) is 0 Å². The molecule has 0 amide bonds. The molecule has 15 heteroatoms. The first-order valence-corrected chi connectivity index (χ1v) is 23.0. The molecular weight excluding hydrogens is 817 g/mol. The third-order valence-electron chi connectivity index (χ3n) is 10.5. The van der Waals surface area contributed by atoms with Crippen LogP contribution in [0.1, 0.15) is 123 Å². The van der Waals surface area contributed by atoms with Crippen molar-refractivity contribution in [3.63, 3.8) is 0 Å². The molecule has 15 nitrogen and oxygen atoms in total. The maximum absolute atomic E-state index is 12.9. The minimum absolute atomic E-state index is 0.0720. The van der Waals surface area contributed by atoms with Crippen molar-refractivity contribution >= 4 is 11.9 Å². The largest absolute Gasteiger partial charge is 0.462 e. The Hall–Kier alpha value is -3.06. The van der Waals surface area contributed by atoms with E-state index in [1.807, 2.05) is 18.2 Å². The van der Waals surface area contributed by atoms with Gasteiger partial charge in [-0.3, -0.25) is 9.59 Å². The van der Waals surface area contributed by atoms with E-state index in [0.717, 1.165) is 64.2 Å². The summed E-state index contributed by atoms with van der Waals surface area (Å²) in [5, 5.41) is 71.8. The molecule has 2 heterocycles. The Morgan fingerprint density at radius 2 is 1.05 bits per heavy atom. The smallest absolute Gasteiger partial charge is 0.310 e. The Bertz CT molecular complexity index is 1380. The quantitative estimate of drug-likeness (QED) is 0.0259. The minimum atomic E-state index is -1.78. The summed E-state index contributed by atoms with van der Waals surface area (Å²) in [7, 11) is 0. The summed E-state index contributed by atoms with van der Waals surface area (Å²) in [6.07, 6.45) is 22.6. The van der Waals surface area contributed by atoms with Crippen molar-refractivity contribution in [2.45, 2.75) is 191 Å². The topological polar surface area (TPSA) is 231 Å². The molecule has 2 aliphatic heterocycles. The number of aliphatic hydroxyl groups is 7. The summed E-state index contributed by atoms with van der Waals surface area (Å²) >= 11 is 0. The van der Waals surface area contributed by atoms with Crippen LogP contribution in [-0.2, 0) is 38.0 Å². The van der Waals surface area contributed by atoms with Crippen LogP contribution < -0.4 is 0 Å². The van der Waals surface area contributed by atoms with Crippen LogP contribution in [0, 0.1) is 0 Å². The predicted octanol–water partition coefficient (Wildman–Crippen LogP) is 5.09. The van der Waals surface area contributed by atoms with Gasteiger partial charge in [-0.25, -0.2) is 0 Å². The molecule has 2 rings (SSSR count). The average Bonchev–Trinajstić information content (AvgIpc) is 3.28. The van der Waals surface area contributed by atoms with E-state index < -0.39 is 99.3 Å². The summed E-state index contributed by atoms with van der Waals surface area (Å²) in [5.74, 6) is -1.09. The number of allylic oxidation sites excluding steroid dienone is 11. The van der Waals surface area contributed by atoms with Crippen LogP contribution in [0.3, 0.4) is 0 Å². The lowest BCUT2D eigenvalue weighted by Gasteiger charge is -2.42. The van der Waals surface area contributed by atoms with E-state index >= 15 is 0 Å². The standard InChI is InChI=1S/C48H78O15/c1-3-5-7-9-11-13-15-17-18-19-21-23-25-27-29-31-40(51)61-36(33-58-39(50)30-28-26-24-22-20-16-14-12-10-8-6-4-2)34-59-47-46(57)44(55)42(53)38(63-47)35-60-48-45(56)43(54)41(52)37(32-49)62-48/h5,7,11-14,17-18,21,23,27,29,36-38,41-49,52-57H,3-4,6,8-10,15-16,19-20,22,24-26,28,30-35H2,1-2H3/b7-5-,13-11-,14-12-,18-17-,23-21-,29-27-. The highest BCUT2D eigenvalue weighted by Crippen LogP contribution is 2.26. The first-order valence-electron chi connectivity index (χ1n) is 23.0. The van der Waals surface area contributed by atoms with Gasteiger partial charge in [-0.05, 0) is 64.2 Å². The maximum atomic E-state index is 12.9. The van der Waals surface area contributed by atoms with Crippen molar-refractivity contribution < 1.29 is 73.8 Å². The summed E-state index contributed by atoms with van der Waals surface area (Å²) in [6.45, 7) is 2.30. The molecule has 7 N–H and O–H groups in total. The van der Waals surface area contributed by atoms with Gasteiger partial charge in [0, 0.05) is 6.42 Å². The lowest BCUT2D eigenvalue weighted by molar-refractivity contribution is -0.332. The fourth-order valence-electron chi connectivity index (χ4n) is 6.64. The number of carbonyl (C=O) groups is 2. The lowest BCUT2D eigenvalue weighted by atomic mass is 9.98. The van der Waals surface area contributed by atoms with E-state index in [4.69, 9.17) is 28.4 Å². The highest BCUT2D eigenvalue weighted by molar-refractivity contribution is 5.71. The number of esters is 2. The molecule has 0 aliphatic carbocycles. The highest BCUT2D eigenvalue weighted by atomic mass is 16.7. The molecule has 0 spiro atoms. The third-order valence-corrected chi connectivity index (χ3v) is 10.5. The number of carbonyl (C=O) groups excluding carboxylic acids is 2. The van der Waals surface area contributed by atoms with Crippen molar-refractivity contribution in [1.29, 1.82) is 0 Å². The zero-order valence-corrected chi connectivity index (χ0v) is 37.5. The Balaban J connectivity index is 1.91. The first kappa shape index (κ1) is 56.1. The molecule has 2 aliphatic rings. The fraction of sp³-hybridized carbons (Fsp3) is 0.708. The van der Waals surface area contributed by atoms with Crippen LogP contribution >= 0.6 is 0 Å². The summed E-state index contributed by atoms with van der Waals surface area (Å²) in [6, 6.07) is 0. The van der Waals surface area contributed by atoms with Crippen LogP contribution in [0.25, 0.3) is 0 Å². The maximum Gasteiger partial charge on any atom is 0.310 e. The van der Waals surface area contributed by atoms with E-state index in [0.29, 0.717) is 12.8 Å². The molecule has 0 aromatic heterocycles. The summed E-state index contributed by atoms with van der Waals surface area (Å²) < 4.78 is 33.3. The van der Waals surface area contributed by atoms with Gasteiger partial charge in [-0.2, -0.15) is 0 Å². The van der Waals surface area contributed by atoms with E-state index in [2.05, 4.69) is 62.5 Å². The van der Waals surface area contributed by atoms with Crippen molar-refractivity contribution in [3.8, 4) is 0 Å². The number of hydrogen-bond acceptors (Lipinski definition) is 15. The Kier molecular flexibility index (Phi) is 31.4. The Morgan fingerprint density at radius 1 is 0.540 bits per heavy atom. The van der Waals surface area contributed by atoms with Gasteiger partial charge in [0.1, 0.15) is 55.4 Å². The second kappa shape index (κ2) is 35.2. The van der Waals surface area contributed by atoms with Crippen molar-refractivity contribution in [3.05, 3.63) is 72.9 Å². The van der Waals surface area contributed by atoms with Gasteiger partial charge in [0.15, 0.2) is 18.7 Å². The van der Waals surface area contributed by atoms with E-state index in [1.165, 1.54) is 19.3 Å². The number of unbranched alkanes of at least 4 members (excludes halogenated alkanes) is 8. The molecular formula is C48H78O15. The zero-order chi connectivity index (χ0) is 46.1. The van der Waals surface area contributed by atoms with E-state index in [9.17, 15) is 45.3 Å². The second-order valence-electron chi connectivity index (χ2n) is 15.9. The molecule has 11 atom stereocenters. The number of ether oxygens (including phenoxy) is 6. The normalized spacial score (nSPS) is 27.5. The van der Waals surface area contributed by atoms with Gasteiger partial charge < -0.3 is 64.2 Å². The molecule has 0 saturated carbocycles. The second-order valence-corrected chi connectivity index (χ2v) is 15.9. The average molecular weight is 895 g/mol. The van der Waals surface area contributed by atoms with Gasteiger partial charge in [-0.15, -0.1) is 0 Å². The monoisotopic (exact) mass is 895 g/mol. The molecule has 11 unspecified atom stereocenters. The summed E-state index contributed by atoms with van der Waals surface area (Å²) in [5.41, 5.74) is 0. The van der Waals surface area contributed by atoms with Gasteiger partial charge in [-0.1, -0.05) is 119 Å². The minimum Gasteiger partial charge on any atom is -0.462 e. The van der Waals surface area contributed by atoms with E-state index in [-0.39, 0.29) is 19.4 Å². The van der Waals surface area contributed by atoms with Gasteiger partial charge in [0.05, 0.1) is 26.2 Å². The van der Waals surface area contributed by atoms with Gasteiger partial charge >= 0.3 is 11.9 Å². The number of hydrogen-bond donors (Lipinski definition) is 7. The van der Waals surface area contributed by atoms with Crippen LogP contribution in [-0.4, -0.2) is 142 Å². The lowest BCUT2D eigenvalue weighted by Crippen LogP contribution is -2.61. The number of aliphatic hydroxyl groups excluding tert-OH is 7. The fourth-order valence-corrected chi connectivity index (χ4v) is 6.64. The predicted molar refractivity (Wildman–Crippen MR) is 238 cm³/mol.